The Balaban J connectivity index is 1.64. The number of esters is 1. The first-order valence-corrected chi connectivity index (χ1v) is 9.15. The van der Waals surface area contributed by atoms with Gasteiger partial charge in [0.1, 0.15) is 17.6 Å². The lowest BCUT2D eigenvalue weighted by molar-refractivity contribution is -0.149. The van der Waals surface area contributed by atoms with Crippen LogP contribution < -0.4 is 15.2 Å². The number of fused-ring (bicyclic) bond motifs is 1. The molecule has 0 saturated heterocycles. The maximum atomic E-state index is 12.4. The molecule has 3 rings (SSSR count). The molecule has 7 heteroatoms. The molecule has 0 spiro atoms. The Morgan fingerprint density at radius 1 is 1.31 bits per heavy atom. The normalized spacial score (nSPS) is 28.2. The third kappa shape index (κ3) is 4.26. The minimum Gasteiger partial charge on any atom is -0.490 e. The molecule has 26 heavy (non-hydrogen) atoms. The van der Waals surface area contributed by atoms with E-state index in [-0.39, 0.29) is 29.8 Å². The van der Waals surface area contributed by atoms with Crippen LogP contribution in [0.4, 0.5) is 8.78 Å². The minimum atomic E-state index is -2.88. The topological polar surface area (TPSA) is 70.8 Å². The molecule has 0 bridgehead atoms. The van der Waals surface area contributed by atoms with Gasteiger partial charge in [-0.2, -0.15) is 8.78 Å². The number of carbonyl (C=O) groups is 1. The van der Waals surface area contributed by atoms with Gasteiger partial charge >= 0.3 is 12.6 Å². The van der Waals surface area contributed by atoms with E-state index in [2.05, 4.69) is 4.74 Å². The van der Waals surface area contributed by atoms with Crippen molar-refractivity contribution in [2.24, 2.45) is 17.6 Å². The van der Waals surface area contributed by atoms with Gasteiger partial charge < -0.3 is 19.9 Å². The van der Waals surface area contributed by atoms with Crippen LogP contribution in [0.15, 0.2) is 18.2 Å². The number of rotatable bonds is 5. The molecule has 2 atom stereocenters. The van der Waals surface area contributed by atoms with Crippen molar-refractivity contribution in [3.8, 4) is 11.5 Å². The van der Waals surface area contributed by atoms with Crippen LogP contribution >= 0.6 is 0 Å². The molecule has 144 valence electrons. The van der Waals surface area contributed by atoms with Crippen molar-refractivity contribution < 1.29 is 27.8 Å². The Kier molecular flexibility index (Phi) is 5.96. The van der Waals surface area contributed by atoms with Gasteiger partial charge in [0.15, 0.2) is 0 Å². The highest BCUT2D eigenvalue weighted by atomic mass is 19.3. The Morgan fingerprint density at radius 2 is 2.04 bits per heavy atom. The largest absolute Gasteiger partial charge is 0.490 e. The van der Waals surface area contributed by atoms with E-state index in [0.717, 1.165) is 31.2 Å². The van der Waals surface area contributed by atoms with Gasteiger partial charge in [0.05, 0.1) is 12.5 Å². The van der Waals surface area contributed by atoms with Crippen LogP contribution in [0.5, 0.6) is 11.5 Å². The molecule has 5 nitrogen and oxygen atoms in total. The number of halogens is 2. The van der Waals surface area contributed by atoms with Gasteiger partial charge in [0, 0.05) is 24.1 Å². The SMILES string of the molecule is CCOC(=O)C1CCC([C@H]2C[C@@H](N)c3ccc(OC(F)F)cc3O2)CC1. The summed E-state index contributed by atoms with van der Waals surface area (Å²) in [6.07, 6.45) is 3.88. The number of hydrogen-bond donors (Lipinski definition) is 1. The summed E-state index contributed by atoms with van der Waals surface area (Å²) in [6, 6.07) is 4.45. The Morgan fingerprint density at radius 3 is 2.69 bits per heavy atom. The standard InChI is InChI=1S/C19H25F2NO4/c1-2-24-18(23)12-5-3-11(4-6-12)16-10-15(22)14-8-7-13(25-19(20)21)9-17(14)26-16/h7-9,11-12,15-16,19H,2-6,10,22H2,1H3/t11?,12?,15-,16-/m1/s1. The van der Waals surface area contributed by atoms with Crippen LogP contribution in [0.25, 0.3) is 0 Å². The number of hydrogen-bond acceptors (Lipinski definition) is 5. The lowest BCUT2D eigenvalue weighted by Crippen LogP contribution is -2.38. The molecular formula is C19H25F2NO4. The van der Waals surface area contributed by atoms with Crippen LogP contribution in [0, 0.1) is 11.8 Å². The molecule has 1 aliphatic carbocycles. The van der Waals surface area contributed by atoms with E-state index in [9.17, 15) is 13.6 Å². The zero-order valence-electron chi connectivity index (χ0n) is 14.8. The van der Waals surface area contributed by atoms with E-state index in [1.807, 2.05) is 6.92 Å². The molecule has 0 amide bonds. The van der Waals surface area contributed by atoms with E-state index >= 15 is 0 Å². The summed E-state index contributed by atoms with van der Waals surface area (Å²) in [5, 5.41) is 0. The number of nitrogens with two attached hydrogens (primary N) is 1. The number of ether oxygens (including phenoxy) is 3. The van der Waals surface area contributed by atoms with Crippen molar-refractivity contribution in [2.75, 3.05) is 6.61 Å². The zero-order chi connectivity index (χ0) is 18.7. The van der Waals surface area contributed by atoms with E-state index in [1.54, 1.807) is 6.07 Å². The first kappa shape index (κ1) is 18.9. The smallest absolute Gasteiger partial charge is 0.387 e. The lowest BCUT2D eigenvalue weighted by atomic mass is 9.77. The Hall–Kier alpha value is -1.89. The second-order valence-corrected chi connectivity index (χ2v) is 6.94. The number of carbonyl (C=O) groups excluding carboxylic acids is 1. The van der Waals surface area contributed by atoms with E-state index in [4.69, 9.17) is 15.2 Å². The fraction of sp³-hybridized carbons (Fsp3) is 0.632. The summed E-state index contributed by atoms with van der Waals surface area (Å²) in [5.41, 5.74) is 7.08. The molecule has 1 saturated carbocycles. The predicted octanol–water partition coefficient (Wildman–Crippen LogP) is 3.81. The average molecular weight is 369 g/mol. The van der Waals surface area contributed by atoms with E-state index in [1.165, 1.54) is 12.1 Å². The van der Waals surface area contributed by atoms with Crippen LogP contribution in [-0.2, 0) is 9.53 Å². The van der Waals surface area contributed by atoms with Crippen LogP contribution in [-0.4, -0.2) is 25.3 Å². The van der Waals surface area contributed by atoms with E-state index < -0.39 is 6.61 Å². The first-order chi connectivity index (χ1) is 12.5. The minimum absolute atomic E-state index is 0.0400. The summed E-state index contributed by atoms with van der Waals surface area (Å²) in [5.74, 6) is 0.713. The van der Waals surface area contributed by atoms with Crippen molar-refractivity contribution in [2.45, 2.75) is 57.8 Å². The second-order valence-electron chi connectivity index (χ2n) is 6.94. The van der Waals surface area contributed by atoms with Crippen LogP contribution in [0.1, 0.15) is 50.6 Å². The molecular weight excluding hydrogens is 344 g/mol. The van der Waals surface area contributed by atoms with Gasteiger partial charge in [-0.25, -0.2) is 0 Å². The van der Waals surface area contributed by atoms with Gasteiger partial charge in [-0.15, -0.1) is 0 Å². The van der Waals surface area contributed by atoms with Crippen molar-refractivity contribution in [1.29, 1.82) is 0 Å². The summed E-state index contributed by atoms with van der Waals surface area (Å²) < 4.78 is 40.5. The maximum Gasteiger partial charge on any atom is 0.387 e. The Bertz CT molecular complexity index is 632. The highest BCUT2D eigenvalue weighted by molar-refractivity contribution is 5.72. The molecule has 2 aliphatic rings. The number of benzene rings is 1. The van der Waals surface area contributed by atoms with Crippen molar-refractivity contribution in [3.05, 3.63) is 23.8 Å². The molecule has 1 aliphatic heterocycles. The summed E-state index contributed by atoms with van der Waals surface area (Å²) >= 11 is 0. The fourth-order valence-electron chi connectivity index (χ4n) is 3.96. The van der Waals surface area contributed by atoms with Crippen LogP contribution in [0.2, 0.25) is 0 Å². The van der Waals surface area contributed by atoms with Gasteiger partial charge in [-0.3, -0.25) is 4.79 Å². The van der Waals surface area contributed by atoms with Crippen molar-refractivity contribution >= 4 is 5.97 Å². The zero-order valence-corrected chi connectivity index (χ0v) is 14.8. The van der Waals surface area contributed by atoms with Gasteiger partial charge in [0.2, 0.25) is 0 Å². The first-order valence-electron chi connectivity index (χ1n) is 9.15. The van der Waals surface area contributed by atoms with Crippen LogP contribution in [0.3, 0.4) is 0 Å². The average Bonchev–Trinajstić information content (AvgIpc) is 2.61. The molecule has 1 aromatic carbocycles. The molecule has 1 heterocycles. The van der Waals surface area contributed by atoms with E-state index in [0.29, 0.717) is 24.7 Å². The van der Waals surface area contributed by atoms with Gasteiger partial charge in [-0.1, -0.05) is 6.07 Å². The molecule has 1 aromatic rings. The molecule has 0 unspecified atom stereocenters. The Labute approximate surface area is 151 Å². The molecule has 2 N–H and O–H groups in total. The molecule has 0 aromatic heterocycles. The van der Waals surface area contributed by atoms with Gasteiger partial charge in [0.25, 0.3) is 0 Å². The highest BCUT2D eigenvalue weighted by Crippen LogP contribution is 2.42. The quantitative estimate of drug-likeness (QED) is 0.799. The third-order valence-corrected chi connectivity index (χ3v) is 5.29. The highest BCUT2D eigenvalue weighted by Gasteiger charge is 2.36. The monoisotopic (exact) mass is 369 g/mol. The number of alkyl halides is 2. The molecule has 1 fully saturated rings. The summed E-state index contributed by atoms with van der Waals surface area (Å²) in [4.78, 5) is 11.9. The summed E-state index contributed by atoms with van der Waals surface area (Å²) in [7, 11) is 0. The third-order valence-electron chi connectivity index (χ3n) is 5.29. The second kappa shape index (κ2) is 8.20. The fourth-order valence-corrected chi connectivity index (χ4v) is 3.96. The van der Waals surface area contributed by atoms with Gasteiger partial charge in [-0.05, 0) is 44.6 Å². The van der Waals surface area contributed by atoms with Crippen molar-refractivity contribution in [3.63, 3.8) is 0 Å². The summed E-state index contributed by atoms with van der Waals surface area (Å²) in [6.45, 7) is -0.664. The molecule has 0 radical (unpaired) electrons. The lowest BCUT2D eigenvalue weighted by Gasteiger charge is -2.38. The predicted molar refractivity (Wildman–Crippen MR) is 91.1 cm³/mol. The maximum absolute atomic E-state index is 12.4. The van der Waals surface area contributed by atoms with Crippen molar-refractivity contribution in [1.82, 2.24) is 0 Å².